The number of carbonyl (C=O) groups is 3. The molecule has 0 aliphatic carbocycles. The molecule has 17 heavy (non-hydrogen) atoms. The SMILES string of the molecule is CC(NC(N)=O)C(=O)N1CCC[C@H](C(=O)O)C1. The number of primary amides is 1. The fraction of sp³-hybridized carbons (Fsp3) is 0.700. The van der Waals surface area contributed by atoms with Crippen LogP contribution >= 0.6 is 0 Å². The number of urea groups is 1. The molecular weight excluding hydrogens is 226 g/mol. The van der Waals surface area contributed by atoms with Crippen LogP contribution in [0, 0.1) is 5.92 Å². The average Bonchev–Trinajstić information content (AvgIpc) is 2.27. The van der Waals surface area contributed by atoms with E-state index in [-0.39, 0.29) is 12.5 Å². The van der Waals surface area contributed by atoms with Gasteiger partial charge in [0.25, 0.3) is 0 Å². The number of nitrogens with two attached hydrogens (primary N) is 1. The van der Waals surface area contributed by atoms with Crippen LogP contribution in [0.4, 0.5) is 4.79 Å². The Morgan fingerprint density at radius 3 is 2.65 bits per heavy atom. The quantitative estimate of drug-likeness (QED) is 0.612. The molecule has 7 nitrogen and oxygen atoms in total. The predicted molar refractivity (Wildman–Crippen MR) is 59.1 cm³/mol. The number of carbonyl (C=O) groups excluding carboxylic acids is 2. The van der Waals surface area contributed by atoms with Crippen molar-refractivity contribution < 1.29 is 19.5 Å². The van der Waals surface area contributed by atoms with E-state index in [4.69, 9.17) is 10.8 Å². The number of carboxylic acid groups (broad SMARTS) is 1. The Morgan fingerprint density at radius 2 is 2.12 bits per heavy atom. The van der Waals surface area contributed by atoms with Crippen LogP contribution in [0.25, 0.3) is 0 Å². The van der Waals surface area contributed by atoms with Crippen LogP contribution in [0.5, 0.6) is 0 Å². The van der Waals surface area contributed by atoms with E-state index in [2.05, 4.69) is 5.32 Å². The Bertz CT molecular complexity index is 332. The average molecular weight is 243 g/mol. The van der Waals surface area contributed by atoms with Crippen LogP contribution < -0.4 is 11.1 Å². The summed E-state index contributed by atoms with van der Waals surface area (Å²) in [5.41, 5.74) is 4.92. The Hall–Kier alpha value is -1.79. The lowest BCUT2D eigenvalue weighted by molar-refractivity contribution is -0.146. The van der Waals surface area contributed by atoms with E-state index in [1.807, 2.05) is 0 Å². The highest BCUT2D eigenvalue weighted by Crippen LogP contribution is 2.17. The summed E-state index contributed by atoms with van der Waals surface area (Å²) in [5, 5.41) is 11.2. The van der Waals surface area contributed by atoms with Crippen molar-refractivity contribution in [2.24, 2.45) is 11.7 Å². The highest BCUT2D eigenvalue weighted by Gasteiger charge is 2.30. The van der Waals surface area contributed by atoms with E-state index in [1.165, 1.54) is 11.8 Å². The molecular formula is C10H17N3O4. The number of rotatable bonds is 3. The zero-order valence-corrected chi connectivity index (χ0v) is 9.68. The molecule has 0 spiro atoms. The van der Waals surface area contributed by atoms with Gasteiger partial charge in [0, 0.05) is 13.1 Å². The normalized spacial score (nSPS) is 21.7. The summed E-state index contributed by atoms with van der Waals surface area (Å²) in [6.45, 7) is 2.24. The van der Waals surface area contributed by atoms with Crippen molar-refractivity contribution in [2.45, 2.75) is 25.8 Å². The van der Waals surface area contributed by atoms with Gasteiger partial charge in [0.1, 0.15) is 6.04 Å². The van der Waals surface area contributed by atoms with Gasteiger partial charge in [-0.2, -0.15) is 0 Å². The van der Waals surface area contributed by atoms with Gasteiger partial charge >= 0.3 is 12.0 Å². The minimum Gasteiger partial charge on any atom is -0.481 e. The number of likely N-dealkylation sites (tertiary alicyclic amines) is 1. The standard InChI is InChI=1S/C10H17N3O4/c1-6(12-10(11)17)8(14)13-4-2-3-7(5-13)9(15)16/h6-7H,2-5H2,1H3,(H,15,16)(H3,11,12,17)/t6?,7-/m0/s1. The lowest BCUT2D eigenvalue weighted by Gasteiger charge is -2.32. The first-order valence-corrected chi connectivity index (χ1v) is 5.49. The molecule has 7 heteroatoms. The third kappa shape index (κ3) is 3.61. The first-order valence-electron chi connectivity index (χ1n) is 5.49. The number of hydrogen-bond acceptors (Lipinski definition) is 3. The summed E-state index contributed by atoms with van der Waals surface area (Å²) in [4.78, 5) is 34.8. The number of nitrogens with one attached hydrogen (secondary N) is 1. The molecule has 1 saturated heterocycles. The second kappa shape index (κ2) is 5.51. The maximum Gasteiger partial charge on any atom is 0.312 e. The third-order valence-electron chi connectivity index (χ3n) is 2.81. The summed E-state index contributed by atoms with van der Waals surface area (Å²) in [6.07, 6.45) is 1.24. The molecule has 0 radical (unpaired) electrons. The van der Waals surface area contributed by atoms with E-state index in [0.717, 1.165) is 0 Å². The minimum absolute atomic E-state index is 0.193. The fourth-order valence-corrected chi connectivity index (χ4v) is 1.93. The number of hydrogen-bond donors (Lipinski definition) is 3. The van der Waals surface area contributed by atoms with Crippen LogP contribution in [-0.4, -0.2) is 47.0 Å². The molecule has 3 amide bonds. The number of amides is 3. The molecule has 1 rings (SSSR count). The molecule has 0 bridgehead atoms. The van der Waals surface area contributed by atoms with E-state index in [0.29, 0.717) is 19.4 Å². The summed E-state index contributed by atoms with van der Waals surface area (Å²) in [6, 6.07) is -1.49. The molecule has 0 saturated carbocycles. The van der Waals surface area contributed by atoms with Gasteiger partial charge in [-0.05, 0) is 19.8 Å². The Balaban J connectivity index is 2.57. The van der Waals surface area contributed by atoms with Crippen molar-refractivity contribution in [1.29, 1.82) is 0 Å². The fourth-order valence-electron chi connectivity index (χ4n) is 1.93. The van der Waals surface area contributed by atoms with Crippen LogP contribution in [0.15, 0.2) is 0 Å². The molecule has 1 heterocycles. The number of carboxylic acids is 1. The lowest BCUT2D eigenvalue weighted by atomic mass is 9.98. The van der Waals surface area contributed by atoms with Gasteiger partial charge in [0.15, 0.2) is 0 Å². The van der Waals surface area contributed by atoms with Crippen molar-refractivity contribution in [3.05, 3.63) is 0 Å². The lowest BCUT2D eigenvalue weighted by Crippen LogP contribution is -2.51. The van der Waals surface area contributed by atoms with Gasteiger partial charge in [-0.1, -0.05) is 0 Å². The Kier molecular flexibility index (Phi) is 4.30. The van der Waals surface area contributed by atoms with Crippen LogP contribution in [0.2, 0.25) is 0 Å². The van der Waals surface area contributed by atoms with E-state index >= 15 is 0 Å². The molecule has 1 fully saturated rings. The molecule has 1 unspecified atom stereocenters. The molecule has 0 aromatic carbocycles. The van der Waals surface area contributed by atoms with Crippen molar-refractivity contribution >= 4 is 17.9 Å². The molecule has 0 aromatic heterocycles. The smallest absolute Gasteiger partial charge is 0.312 e. The van der Waals surface area contributed by atoms with Crippen molar-refractivity contribution in [3.8, 4) is 0 Å². The topological polar surface area (TPSA) is 113 Å². The van der Waals surface area contributed by atoms with Gasteiger partial charge in [0.05, 0.1) is 5.92 Å². The van der Waals surface area contributed by atoms with E-state index in [1.54, 1.807) is 0 Å². The second-order valence-electron chi connectivity index (χ2n) is 4.19. The molecule has 0 aromatic rings. The maximum absolute atomic E-state index is 11.9. The number of piperidine rings is 1. The monoisotopic (exact) mass is 243 g/mol. The van der Waals surface area contributed by atoms with Crippen molar-refractivity contribution in [3.63, 3.8) is 0 Å². The number of aliphatic carboxylic acids is 1. The zero-order valence-electron chi connectivity index (χ0n) is 9.68. The van der Waals surface area contributed by atoms with Crippen LogP contribution in [0.1, 0.15) is 19.8 Å². The third-order valence-corrected chi connectivity index (χ3v) is 2.81. The van der Waals surface area contributed by atoms with E-state index in [9.17, 15) is 14.4 Å². The summed E-state index contributed by atoms with van der Waals surface area (Å²) >= 11 is 0. The highest BCUT2D eigenvalue weighted by atomic mass is 16.4. The summed E-state index contributed by atoms with van der Waals surface area (Å²) < 4.78 is 0. The summed E-state index contributed by atoms with van der Waals surface area (Å²) in [5.74, 6) is -1.71. The van der Waals surface area contributed by atoms with Gasteiger partial charge in [0.2, 0.25) is 5.91 Å². The second-order valence-corrected chi connectivity index (χ2v) is 4.19. The van der Waals surface area contributed by atoms with Crippen LogP contribution in [0.3, 0.4) is 0 Å². The van der Waals surface area contributed by atoms with Gasteiger partial charge in [-0.15, -0.1) is 0 Å². The van der Waals surface area contributed by atoms with Crippen LogP contribution in [-0.2, 0) is 9.59 Å². The largest absolute Gasteiger partial charge is 0.481 e. The molecule has 1 aliphatic heterocycles. The Morgan fingerprint density at radius 1 is 1.47 bits per heavy atom. The van der Waals surface area contributed by atoms with Gasteiger partial charge in [-0.25, -0.2) is 4.79 Å². The first-order chi connectivity index (χ1) is 7.91. The summed E-state index contributed by atoms with van der Waals surface area (Å²) in [7, 11) is 0. The molecule has 96 valence electrons. The van der Waals surface area contributed by atoms with Crippen molar-refractivity contribution in [2.75, 3.05) is 13.1 Å². The van der Waals surface area contributed by atoms with Crippen molar-refractivity contribution in [1.82, 2.24) is 10.2 Å². The first kappa shape index (κ1) is 13.3. The number of nitrogens with zero attached hydrogens (tertiary/aromatic N) is 1. The Labute approximate surface area is 98.9 Å². The molecule has 2 atom stereocenters. The highest BCUT2D eigenvalue weighted by molar-refractivity contribution is 5.86. The molecule has 1 aliphatic rings. The van der Waals surface area contributed by atoms with Gasteiger partial charge in [-0.3, -0.25) is 9.59 Å². The van der Waals surface area contributed by atoms with Gasteiger partial charge < -0.3 is 21.1 Å². The van der Waals surface area contributed by atoms with E-state index < -0.39 is 24.0 Å². The minimum atomic E-state index is -0.891. The zero-order chi connectivity index (χ0) is 13.0. The molecule has 4 N–H and O–H groups in total. The predicted octanol–water partition coefficient (Wildman–Crippen LogP) is -0.634. The maximum atomic E-state index is 11.9.